The van der Waals surface area contributed by atoms with E-state index in [1.165, 1.54) is 7.11 Å². The van der Waals surface area contributed by atoms with Crippen molar-refractivity contribution in [1.82, 2.24) is 0 Å². The second-order valence-corrected chi connectivity index (χ2v) is 2.99. The number of rotatable bonds is 4. The average molecular weight is 251 g/mol. The van der Waals surface area contributed by atoms with E-state index in [0.29, 0.717) is 12.1 Å². The zero-order chi connectivity index (χ0) is 13.1. The zero-order valence-corrected chi connectivity index (χ0v) is 8.65. The summed E-state index contributed by atoms with van der Waals surface area (Å²) in [4.78, 5) is 9.72. The van der Waals surface area contributed by atoms with Gasteiger partial charge in [0, 0.05) is 13.2 Å². The largest absolute Gasteiger partial charge is 0.460 e. The van der Waals surface area contributed by atoms with Crippen LogP contribution >= 0.6 is 0 Å². The van der Waals surface area contributed by atoms with Crippen molar-refractivity contribution in [2.24, 2.45) is 0 Å². The number of halogens is 3. The van der Waals surface area contributed by atoms with Crippen LogP contribution in [0.5, 0.6) is 5.75 Å². The van der Waals surface area contributed by atoms with E-state index in [1.807, 2.05) is 0 Å². The van der Waals surface area contributed by atoms with E-state index in [9.17, 15) is 23.3 Å². The molecule has 0 bridgehead atoms. The summed E-state index contributed by atoms with van der Waals surface area (Å²) in [5.41, 5.74) is -1.57. The lowest BCUT2D eigenvalue weighted by atomic mass is 10.2. The van der Waals surface area contributed by atoms with E-state index in [4.69, 9.17) is 4.74 Å². The Morgan fingerprint density at radius 3 is 2.53 bits per heavy atom. The first-order chi connectivity index (χ1) is 7.86. The molecule has 0 saturated carbocycles. The molecule has 0 unspecified atom stereocenters. The summed E-state index contributed by atoms with van der Waals surface area (Å²) in [7, 11) is 1.25. The van der Waals surface area contributed by atoms with Gasteiger partial charge in [-0.1, -0.05) is 0 Å². The normalized spacial score (nSPS) is 11.3. The van der Waals surface area contributed by atoms with Gasteiger partial charge < -0.3 is 9.47 Å². The minimum absolute atomic E-state index is 0.373. The smallest absolute Gasteiger partial charge is 0.416 e. The van der Waals surface area contributed by atoms with Gasteiger partial charge in [0.05, 0.1) is 10.5 Å². The van der Waals surface area contributed by atoms with Crippen LogP contribution in [0, 0.1) is 10.1 Å². The van der Waals surface area contributed by atoms with Crippen molar-refractivity contribution in [2.75, 3.05) is 13.9 Å². The minimum atomic E-state index is -4.58. The van der Waals surface area contributed by atoms with Crippen molar-refractivity contribution in [3.63, 3.8) is 0 Å². The van der Waals surface area contributed by atoms with Gasteiger partial charge in [-0.2, -0.15) is 13.2 Å². The van der Waals surface area contributed by atoms with Gasteiger partial charge in [-0.15, -0.1) is 0 Å². The molecule has 0 atom stereocenters. The quantitative estimate of drug-likeness (QED) is 0.468. The Hall–Kier alpha value is -1.83. The number of hydrogen-bond donors (Lipinski definition) is 0. The SMILES string of the molecule is COCOc1cc(C(F)(F)F)ccc1[N+](=O)[O-]. The summed E-state index contributed by atoms with van der Waals surface area (Å²) < 4.78 is 46.3. The molecule has 0 amide bonds. The lowest BCUT2D eigenvalue weighted by Gasteiger charge is -2.09. The Bertz CT molecular complexity index is 419. The molecule has 0 aliphatic carbocycles. The average Bonchev–Trinajstić information content (AvgIpc) is 2.24. The molecule has 1 aromatic rings. The van der Waals surface area contributed by atoms with Crippen molar-refractivity contribution in [3.05, 3.63) is 33.9 Å². The summed E-state index contributed by atoms with van der Waals surface area (Å²) in [5, 5.41) is 10.5. The van der Waals surface area contributed by atoms with Crippen LogP contribution in [0.4, 0.5) is 18.9 Å². The van der Waals surface area contributed by atoms with Crippen molar-refractivity contribution in [3.8, 4) is 5.75 Å². The van der Waals surface area contributed by atoms with Gasteiger partial charge in [-0.25, -0.2) is 0 Å². The molecular formula is C9H8F3NO4. The van der Waals surface area contributed by atoms with E-state index in [1.54, 1.807) is 0 Å². The molecule has 0 saturated heterocycles. The molecule has 0 aliphatic rings. The van der Waals surface area contributed by atoms with Crippen LogP contribution in [0.25, 0.3) is 0 Å². The highest BCUT2D eigenvalue weighted by molar-refractivity contribution is 5.49. The molecule has 8 heteroatoms. The molecule has 1 aromatic carbocycles. The van der Waals surface area contributed by atoms with E-state index in [2.05, 4.69) is 4.74 Å². The summed E-state index contributed by atoms with van der Waals surface area (Å²) in [6, 6.07) is 1.93. The van der Waals surface area contributed by atoms with Gasteiger partial charge >= 0.3 is 11.9 Å². The Kier molecular flexibility index (Phi) is 3.89. The van der Waals surface area contributed by atoms with E-state index in [0.717, 1.165) is 6.07 Å². The third kappa shape index (κ3) is 3.31. The predicted octanol–water partition coefficient (Wildman–Crippen LogP) is 2.60. The summed E-state index contributed by atoms with van der Waals surface area (Å²) >= 11 is 0. The third-order valence-corrected chi connectivity index (χ3v) is 1.82. The summed E-state index contributed by atoms with van der Waals surface area (Å²) in [6.07, 6.45) is -4.58. The van der Waals surface area contributed by atoms with Crippen LogP contribution in [0.2, 0.25) is 0 Å². The van der Waals surface area contributed by atoms with Gasteiger partial charge in [0.25, 0.3) is 0 Å². The maximum absolute atomic E-state index is 12.4. The van der Waals surface area contributed by atoms with Gasteiger partial charge in [-0.3, -0.25) is 10.1 Å². The predicted molar refractivity (Wildman–Crippen MR) is 50.6 cm³/mol. The number of methoxy groups -OCH3 is 1. The minimum Gasteiger partial charge on any atom is -0.460 e. The second-order valence-electron chi connectivity index (χ2n) is 2.99. The molecular weight excluding hydrogens is 243 g/mol. The second kappa shape index (κ2) is 5.00. The highest BCUT2D eigenvalue weighted by Crippen LogP contribution is 2.35. The first-order valence-corrected chi connectivity index (χ1v) is 4.33. The van der Waals surface area contributed by atoms with Crippen molar-refractivity contribution >= 4 is 5.69 Å². The Labute approximate surface area is 93.9 Å². The van der Waals surface area contributed by atoms with Crippen LogP contribution in [0.1, 0.15) is 5.56 Å². The maximum Gasteiger partial charge on any atom is 0.416 e. The van der Waals surface area contributed by atoms with Crippen LogP contribution < -0.4 is 4.74 Å². The first-order valence-electron chi connectivity index (χ1n) is 4.33. The molecule has 0 fully saturated rings. The fourth-order valence-corrected chi connectivity index (χ4v) is 1.08. The lowest BCUT2D eigenvalue weighted by molar-refractivity contribution is -0.386. The number of alkyl halides is 3. The maximum atomic E-state index is 12.4. The standard InChI is InChI=1S/C9H8F3NO4/c1-16-5-17-8-4-6(9(10,11)12)2-3-7(8)13(14)15/h2-4H,5H2,1H3. The topological polar surface area (TPSA) is 61.6 Å². The number of benzene rings is 1. The molecule has 0 aliphatic heterocycles. The Morgan fingerprint density at radius 2 is 2.06 bits per heavy atom. The fourth-order valence-electron chi connectivity index (χ4n) is 1.08. The van der Waals surface area contributed by atoms with E-state index in [-0.39, 0.29) is 6.79 Å². The van der Waals surface area contributed by atoms with Crippen molar-refractivity contribution in [2.45, 2.75) is 6.18 Å². The number of nitrogens with zero attached hydrogens (tertiary/aromatic N) is 1. The van der Waals surface area contributed by atoms with Gasteiger partial charge in [-0.05, 0) is 12.1 Å². The zero-order valence-electron chi connectivity index (χ0n) is 8.65. The van der Waals surface area contributed by atoms with Crippen LogP contribution in [-0.2, 0) is 10.9 Å². The highest BCUT2D eigenvalue weighted by atomic mass is 19.4. The van der Waals surface area contributed by atoms with Gasteiger partial charge in [0.2, 0.25) is 5.75 Å². The van der Waals surface area contributed by atoms with Gasteiger partial charge in [0.1, 0.15) is 0 Å². The molecule has 0 N–H and O–H groups in total. The van der Waals surface area contributed by atoms with E-state index < -0.39 is 28.1 Å². The lowest BCUT2D eigenvalue weighted by Crippen LogP contribution is -2.07. The number of nitro groups is 1. The summed E-state index contributed by atoms with van der Waals surface area (Å²) in [6.45, 7) is -0.373. The molecule has 0 heterocycles. The molecule has 1 rings (SSSR count). The molecule has 94 valence electrons. The highest BCUT2D eigenvalue weighted by Gasteiger charge is 2.32. The molecule has 5 nitrogen and oxygen atoms in total. The van der Waals surface area contributed by atoms with Crippen molar-refractivity contribution < 1.29 is 27.6 Å². The monoisotopic (exact) mass is 251 g/mol. The van der Waals surface area contributed by atoms with Crippen LogP contribution in [-0.4, -0.2) is 18.8 Å². The number of ether oxygens (including phenoxy) is 2. The third-order valence-electron chi connectivity index (χ3n) is 1.82. The van der Waals surface area contributed by atoms with Gasteiger partial charge in [0.15, 0.2) is 6.79 Å². The molecule has 0 spiro atoms. The van der Waals surface area contributed by atoms with Crippen LogP contribution in [0.15, 0.2) is 18.2 Å². The molecule has 0 aromatic heterocycles. The van der Waals surface area contributed by atoms with E-state index >= 15 is 0 Å². The molecule has 0 radical (unpaired) electrons. The fraction of sp³-hybridized carbons (Fsp3) is 0.333. The first kappa shape index (κ1) is 13.2. The molecule has 17 heavy (non-hydrogen) atoms. The Morgan fingerprint density at radius 1 is 1.41 bits per heavy atom. The number of nitro benzene ring substituents is 1. The number of hydrogen-bond acceptors (Lipinski definition) is 4. The van der Waals surface area contributed by atoms with Crippen LogP contribution in [0.3, 0.4) is 0 Å². The Balaban J connectivity index is 3.14. The van der Waals surface area contributed by atoms with Crippen molar-refractivity contribution in [1.29, 1.82) is 0 Å². The summed E-state index contributed by atoms with van der Waals surface area (Å²) in [5.74, 6) is -0.480.